The highest BCUT2D eigenvalue weighted by atomic mass is 35.5. The maximum Gasteiger partial charge on any atom is 0.410 e. The number of ether oxygens (including phenoxy) is 3. The molecule has 0 bridgehead atoms. The summed E-state index contributed by atoms with van der Waals surface area (Å²) in [6.07, 6.45) is 4.94. The number of unbranched alkanes of at least 4 members (excludes halogenated alkanes) is 1. The van der Waals surface area contributed by atoms with Crippen molar-refractivity contribution in [1.82, 2.24) is 10.2 Å². The number of amides is 1. The van der Waals surface area contributed by atoms with Crippen LogP contribution < -0.4 is 15.0 Å². The number of piperazine rings is 1. The molecule has 2 aliphatic rings. The number of benzene rings is 2. The lowest BCUT2D eigenvalue weighted by Gasteiger charge is -2.36. The monoisotopic (exact) mass is 580 g/mol. The highest BCUT2D eigenvalue weighted by Gasteiger charge is 2.19. The number of nitrogens with one attached hydrogen (secondary N) is 1. The highest BCUT2D eigenvalue weighted by molar-refractivity contribution is 7.98. The molecular formula is C27H34Cl2N4O4S. The zero-order valence-electron chi connectivity index (χ0n) is 21.6. The number of alkyl carbamates (subject to hydrolysis) is 1. The highest BCUT2D eigenvalue weighted by Crippen LogP contribution is 2.33. The standard InChI is InChI=1S/C27H34Cl2N4O4S/c1-38-18-30-27(34)37-19-36-25-10-8-20-7-9-21(17-23(20)31-25)35-16-3-2-11-32-12-14-33(15-13-32)24-6-4-5-22(28)26(24)29/h4-7,9,17H,2-3,8,10-16,18-19H2,1H3,(H,30,34). The van der Waals surface area contributed by atoms with Crippen molar-refractivity contribution in [1.29, 1.82) is 0 Å². The van der Waals surface area contributed by atoms with Crippen molar-refractivity contribution in [3.8, 4) is 5.75 Å². The van der Waals surface area contributed by atoms with Gasteiger partial charge in [0.1, 0.15) is 5.75 Å². The van der Waals surface area contributed by atoms with Crippen molar-refractivity contribution in [2.75, 3.05) is 63.2 Å². The van der Waals surface area contributed by atoms with Crippen molar-refractivity contribution < 1.29 is 19.0 Å². The Bertz CT molecular complexity index is 1110. The van der Waals surface area contributed by atoms with Gasteiger partial charge in [-0.2, -0.15) is 0 Å². The van der Waals surface area contributed by atoms with Gasteiger partial charge in [0.15, 0.2) is 5.90 Å². The van der Waals surface area contributed by atoms with E-state index < -0.39 is 6.09 Å². The second-order valence-corrected chi connectivity index (χ2v) is 10.7. The van der Waals surface area contributed by atoms with E-state index >= 15 is 0 Å². The number of fused-ring (bicyclic) bond motifs is 1. The number of thioether (sulfide) groups is 1. The predicted octanol–water partition coefficient (Wildman–Crippen LogP) is 5.97. The van der Waals surface area contributed by atoms with E-state index in [2.05, 4.69) is 26.2 Å². The Morgan fingerprint density at radius 1 is 1.08 bits per heavy atom. The van der Waals surface area contributed by atoms with Gasteiger partial charge < -0.3 is 24.4 Å². The Balaban J connectivity index is 1.14. The Morgan fingerprint density at radius 2 is 1.92 bits per heavy atom. The second kappa shape index (κ2) is 14.7. The molecule has 11 heteroatoms. The zero-order valence-corrected chi connectivity index (χ0v) is 23.9. The van der Waals surface area contributed by atoms with Crippen LogP contribution in [0.4, 0.5) is 16.2 Å². The molecule has 4 rings (SSSR count). The van der Waals surface area contributed by atoms with Gasteiger partial charge in [-0.3, -0.25) is 4.90 Å². The molecule has 38 heavy (non-hydrogen) atoms. The van der Waals surface area contributed by atoms with E-state index in [1.54, 1.807) is 0 Å². The molecule has 2 heterocycles. The number of rotatable bonds is 11. The minimum absolute atomic E-state index is 0.159. The number of halogens is 2. The summed E-state index contributed by atoms with van der Waals surface area (Å²) in [5.41, 5.74) is 3.01. The Hall–Kier alpha value is -2.33. The molecule has 8 nitrogen and oxygen atoms in total. The van der Waals surface area contributed by atoms with Crippen LogP contribution in [0.5, 0.6) is 5.75 Å². The number of nitrogens with zero attached hydrogens (tertiary/aromatic N) is 3. The molecule has 0 spiro atoms. The SMILES string of the molecule is CSCNC(=O)OCOC1=Nc2cc(OCCCCN3CCN(c4cccc(Cl)c4Cl)CC3)ccc2CC1. The van der Waals surface area contributed by atoms with Gasteiger partial charge in [0.05, 0.1) is 33.9 Å². The van der Waals surface area contributed by atoms with E-state index in [4.69, 9.17) is 37.4 Å². The fourth-order valence-electron chi connectivity index (χ4n) is 4.39. The minimum atomic E-state index is -0.503. The quantitative estimate of drug-likeness (QED) is 0.259. The van der Waals surface area contributed by atoms with Gasteiger partial charge in [-0.05, 0) is 55.8 Å². The third kappa shape index (κ3) is 8.33. The average molecular weight is 582 g/mol. The van der Waals surface area contributed by atoms with Crippen LogP contribution in [0.15, 0.2) is 41.4 Å². The molecular weight excluding hydrogens is 547 g/mol. The molecule has 1 N–H and O–H groups in total. The summed E-state index contributed by atoms with van der Waals surface area (Å²) in [5, 5.41) is 3.84. The molecule has 1 amide bonds. The van der Waals surface area contributed by atoms with E-state index in [-0.39, 0.29) is 6.79 Å². The normalized spacial score (nSPS) is 15.4. The first-order valence-corrected chi connectivity index (χ1v) is 15.0. The first kappa shape index (κ1) is 28.7. The van der Waals surface area contributed by atoms with Gasteiger partial charge in [-0.1, -0.05) is 35.3 Å². The molecule has 2 aliphatic heterocycles. The Labute approximate surface area is 238 Å². The summed E-state index contributed by atoms with van der Waals surface area (Å²) < 4.78 is 16.6. The molecule has 0 aliphatic carbocycles. The van der Waals surface area contributed by atoms with Crippen LogP contribution in [0.1, 0.15) is 24.8 Å². The topological polar surface area (TPSA) is 75.6 Å². The summed E-state index contributed by atoms with van der Waals surface area (Å²) in [6, 6.07) is 11.8. The molecule has 206 valence electrons. The maximum absolute atomic E-state index is 11.5. The lowest BCUT2D eigenvalue weighted by Crippen LogP contribution is -2.46. The molecule has 0 saturated carbocycles. The summed E-state index contributed by atoms with van der Waals surface area (Å²) in [7, 11) is 0. The van der Waals surface area contributed by atoms with Crippen LogP contribution in [-0.4, -0.2) is 75.1 Å². The predicted molar refractivity (Wildman–Crippen MR) is 156 cm³/mol. The van der Waals surface area contributed by atoms with Gasteiger partial charge >= 0.3 is 6.09 Å². The molecule has 1 saturated heterocycles. The van der Waals surface area contributed by atoms with Gasteiger partial charge in [0, 0.05) is 38.7 Å². The van der Waals surface area contributed by atoms with Gasteiger partial charge in [0.25, 0.3) is 0 Å². The first-order valence-electron chi connectivity index (χ1n) is 12.8. The number of aryl methyl sites for hydroxylation is 1. The van der Waals surface area contributed by atoms with Crippen LogP contribution in [0.3, 0.4) is 0 Å². The summed E-state index contributed by atoms with van der Waals surface area (Å²) in [6.45, 7) is 5.43. The minimum Gasteiger partial charge on any atom is -0.494 e. The van der Waals surface area contributed by atoms with Crippen LogP contribution in [0.25, 0.3) is 0 Å². The van der Waals surface area contributed by atoms with E-state index in [1.165, 1.54) is 11.8 Å². The van der Waals surface area contributed by atoms with E-state index in [0.717, 1.165) is 74.7 Å². The smallest absolute Gasteiger partial charge is 0.410 e. The van der Waals surface area contributed by atoms with E-state index in [0.29, 0.717) is 34.8 Å². The van der Waals surface area contributed by atoms with Gasteiger partial charge in [0.2, 0.25) is 6.79 Å². The maximum atomic E-state index is 11.5. The van der Waals surface area contributed by atoms with E-state index in [1.807, 2.05) is 36.6 Å². The summed E-state index contributed by atoms with van der Waals surface area (Å²) in [5.74, 6) is 1.85. The van der Waals surface area contributed by atoms with Crippen LogP contribution in [0.2, 0.25) is 10.0 Å². The largest absolute Gasteiger partial charge is 0.494 e. The summed E-state index contributed by atoms with van der Waals surface area (Å²) in [4.78, 5) is 20.9. The third-order valence-corrected chi connectivity index (χ3v) is 7.71. The molecule has 0 atom stereocenters. The summed E-state index contributed by atoms with van der Waals surface area (Å²) >= 11 is 14.1. The Kier molecular flexibility index (Phi) is 11.1. The zero-order chi connectivity index (χ0) is 26.7. The number of hydrogen-bond donors (Lipinski definition) is 1. The Morgan fingerprint density at radius 3 is 2.74 bits per heavy atom. The molecule has 0 unspecified atom stereocenters. The lowest BCUT2D eigenvalue weighted by molar-refractivity contribution is 0.0514. The molecule has 0 radical (unpaired) electrons. The van der Waals surface area contributed by atoms with Crippen molar-refractivity contribution in [3.63, 3.8) is 0 Å². The molecule has 0 aromatic heterocycles. The number of aliphatic imine (C=N–C) groups is 1. The van der Waals surface area contributed by atoms with Crippen molar-refractivity contribution in [3.05, 3.63) is 52.0 Å². The van der Waals surface area contributed by atoms with Crippen LogP contribution >= 0.6 is 35.0 Å². The number of hydrogen-bond acceptors (Lipinski definition) is 8. The van der Waals surface area contributed by atoms with Crippen LogP contribution in [0, 0.1) is 0 Å². The fourth-order valence-corrected chi connectivity index (χ4v) is 5.07. The van der Waals surface area contributed by atoms with Crippen molar-refractivity contribution in [2.45, 2.75) is 25.7 Å². The number of anilines is 1. The first-order chi connectivity index (χ1) is 18.5. The van der Waals surface area contributed by atoms with Crippen molar-refractivity contribution >= 4 is 58.3 Å². The second-order valence-electron chi connectivity index (χ2n) is 9.06. The number of carbonyl (C=O) groups excluding carboxylic acids is 1. The molecule has 1 fully saturated rings. The average Bonchev–Trinajstić information content (AvgIpc) is 2.93. The van der Waals surface area contributed by atoms with Crippen molar-refractivity contribution in [2.24, 2.45) is 4.99 Å². The van der Waals surface area contributed by atoms with Gasteiger partial charge in [-0.15, -0.1) is 11.8 Å². The molecule has 2 aromatic rings. The van der Waals surface area contributed by atoms with Crippen LogP contribution in [-0.2, 0) is 15.9 Å². The lowest BCUT2D eigenvalue weighted by atomic mass is 10.0. The van der Waals surface area contributed by atoms with E-state index in [9.17, 15) is 4.79 Å². The fraction of sp³-hybridized carbons (Fsp3) is 0.481. The molecule has 2 aromatic carbocycles. The number of carbonyl (C=O) groups is 1. The third-order valence-electron chi connectivity index (χ3n) is 6.47. The van der Waals surface area contributed by atoms with Gasteiger partial charge in [-0.25, -0.2) is 9.79 Å².